The smallest absolute Gasteiger partial charge is 0.239 e. The molecule has 3 amide bonds. The Morgan fingerprint density at radius 3 is 2.64 bits per heavy atom. The van der Waals surface area contributed by atoms with E-state index in [1.54, 1.807) is 7.05 Å². The normalized spacial score (nSPS) is 26.5. The third-order valence-corrected chi connectivity index (χ3v) is 6.10. The molecule has 3 N–H and O–H groups in total. The number of nitrogens with zero attached hydrogens (tertiary/aromatic N) is 2. The van der Waals surface area contributed by atoms with E-state index < -0.39 is 0 Å². The van der Waals surface area contributed by atoms with E-state index >= 15 is 0 Å². The van der Waals surface area contributed by atoms with Crippen LogP contribution >= 0.6 is 0 Å². The van der Waals surface area contributed by atoms with Crippen LogP contribution in [0.2, 0.25) is 0 Å². The molecule has 3 aliphatic rings. The fourth-order valence-corrected chi connectivity index (χ4v) is 4.16. The van der Waals surface area contributed by atoms with Gasteiger partial charge in [0.15, 0.2) is 0 Å². The maximum Gasteiger partial charge on any atom is 0.239 e. The summed E-state index contributed by atoms with van der Waals surface area (Å²) in [5.74, 6) is 0.356. The fraction of sp³-hybridized carbons (Fsp3) is 0.850. The van der Waals surface area contributed by atoms with Gasteiger partial charge in [-0.05, 0) is 64.5 Å². The molecule has 0 radical (unpaired) electrons. The summed E-state index contributed by atoms with van der Waals surface area (Å²) >= 11 is 0. The van der Waals surface area contributed by atoms with E-state index in [2.05, 4.69) is 20.9 Å². The number of piperidine rings is 1. The van der Waals surface area contributed by atoms with Gasteiger partial charge in [-0.3, -0.25) is 19.3 Å². The first-order valence-corrected chi connectivity index (χ1v) is 10.7. The molecule has 0 spiro atoms. The van der Waals surface area contributed by atoms with Crippen LogP contribution in [0.4, 0.5) is 0 Å². The summed E-state index contributed by atoms with van der Waals surface area (Å²) in [6, 6.07) is 0.00952. The number of hydrogen-bond donors (Lipinski definition) is 3. The van der Waals surface area contributed by atoms with Gasteiger partial charge in [0, 0.05) is 26.2 Å². The molecule has 3 unspecified atom stereocenters. The molecule has 0 aromatic rings. The highest BCUT2D eigenvalue weighted by Gasteiger charge is 2.31. The third-order valence-electron chi connectivity index (χ3n) is 6.10. The van der Waals surface area contributed by atoms with Crippen LogP contribution in [-0.4, -0.2) is 85.4 Å². The molecular formula is C20H35N5O3. The molecule has 0 bridgehead atoms. The molecule has 2 heterocycles. The van der Waals surface area contributed by atoms with Crippen LogP contribution in [-0.2, 0) is 14.4 Å². The van der Waals surface area contributed by atoms with Crippen LogP contribution in [0.3, 0.4) is 0 Å². The second kappa shape index (κ2) is 9.69. The SMILES string of the molecule is CC(C(=O)N(C)CC(=O)NC1CC1)N1CCCC(CNC(=O)C2CCCN2)C1. The number of carbonyl (C=O) groups excluding carboxylic acids is 3. The van der Waals surface area contributed by atoms with E-state index in [1.165, 1.54) is 4.90 Å². The van der Waals surface area contributed by atoms with Crippen molar-refractivity contribution in [3.05, 3.63) is 0 Å². The summed E-state index contributed by atoms with van der Waals surface area (Å²) in [4.78, 5) is 40.6. The zero-order valence-corrected chi connectivity index (χ0v) is 17.2. The second-order valence-corrected chi connectivity index (χ2v) is 8.61. The van der Waals surface area contributed by atoms with Crippen molar-refractivity contribution in [2.24, 2.45) is 5.92 Å². The predicted octanol–water partition coefficient (Wildman–Crippen LogP) is -0.308. The lowest BCUT2D eigenvalue weighted by Gasteiger charge is -2.37. The molecular weight excluding hydrogens is 358 g/mol. The van der Waals surface area contributed by atoms with E-state index in [0.29, 0.717) is 18.5 Å². The number of likely N-dealkylation sites (N-methyl/N-ethyl adjacent to an activating group) is 1. The van der Waals surface area contributed by atoms with Crippen LogP contribution < -0.4 is 16.0 Å². The first-order chi connectivity index (χ1) is 13.4. The molecule has 2 aliphatic heterocycles. The van der Waals surface area contributed by atoms with Gasteiger partial charge in [0.05, 0.1) is 18.6 Å². The molecule has 1 saturated carbocycles. The standard InChI is InChI=1S/C20H35N5O3/c1-14(20(28)24(2)13-18(26)23-16-7-8-16)25-10-4-5-15(12-25)11-22-19(27)17-6-3-9-21-17/h14-17,21H,3-13H2,1-2H3,(H,22,27)(H,23,26). The number of hydrogen-bond acceptors (Lipinski definition) is 5. The first-order valence-electron chi connectivity index (χ1n) is 10.7. The quantitative estimate of drug-likeness (QED) is 0.526. The Hall–Kier alpha value is -1.67. The summed E-state index contributed by atoms with van der Waals surface area (Å²) in [7, 11) is 1.70. The Labute approximate surface area is 167 Å². The van der Waals surface area contributed by atoms with Crippen molar-refractivity contribution >= 4 is 17.7 Å². The van der Waals surface area contributed by atoms with Gasteiger partial charge in [0.2, 0.25) is 17.7 Å². The molecule has 158 valence electrons. The summed E-state index contributed by atoms with van der Waals surface area (Å²) in [5.41, 5.74) is 0. The number of carbonyl (C=O) groups is 3. The maximum absolute atomic E-state index is 12.8. The molecule has 0 aromatic heterocycles. The minimum Gasteiger partial charge on any atom is -0.354 e. The molecule has 8 heteroatoms. The fourth-order valence-electron chi connectivity index (χ4n) is 4.16. The summed E-state index contributed by atoms with van der Waals surface area (Å²) in [6.45, 7) is 5.29. The van der Waals surface area contributed by atoms with E-state index in [-0.39, 0.29) is 36.3 Å². The summed E-state index contributed by atoms with van der Waals surface area (Å²) in [5, 5.41) is 9.23. The Balaban J connectivity index is 1.42. The van der Waals surface area contributed by atoms with Crippen molar-refractivity contribution in [1.29, 1.82) is 0 Å². The minimum atomic E-state index is -0.256. The van der Waals surface area contributed by atoms with Gasteiger partial charge in [0.1, 0.15) is 0 Å². The van der Waals surface area contributed by atoms with E-state index in [4.69, 9.17) is 0 Å². The van der Waals surface area contributed by atoms with Crippen molar-refractivity contribution in [2.45, 2.75) is 63.6 Å². The van der Waals surface area contributed by atoms with Crippen molar-refractivity contribution in [3.63, 3.8) is 0 Å². The van der Waals surface area contributed by atoms with Crippen LogP contribution in [0.1, 0.15) is 45.4 Å². The molecule has 1 aliphatic carbocycles. The zero-order valence-electron chi connectivity index (χ0n) is 17.2. The van der Waals surface area contributed by atoms with E-state index in [1.807, 2.05) is 6.92 Å². The van der Waals surface area contributed by atoms with Crippen molar-refractivity contribution in [1.82, 2.24) is 25.8 Å². The molecule has 0 aromatic carbocycles. The highest BCUT2D eigenvalue weighted by molar-refractivity contribution is 5.87. The number of rotatable bonds is 8. The predicted molar refractivity (Wildman–Crippen MR) is 107 cm³/mol. The number of amides is 3. The highest BCUT2D eigenvalue weighted by atomic mass is 16.2. The summed E-state index contributed by atoms with van der Waals surface area (Å²) < 4.78 is 0. The lowest BCUT2D eigenvalue weighted by Crippen LogP contribution is -2.52. The van der Waals surface area contributed by atoms with Crippen LogP contribution in [0.15, 0.2) is 0 Å². The lowest BCUT2D eigenvalue weighted by molar-refractivity contribution is -0.139. The van der Waals surface area contributed by atoms with E-state index in [0.717, 1.165) is 58.2 Å². The largest absolute Gasteiger partial charge is 0.354 e. The second-order valence-electron chi connectivity index (χ2n) is 8.61. The monoisotopic (exact) mass is 393 g/mol. The molecule has 2 saturated heterocycles. The highest BCUT2D eigenvalue weighted by Crippen LogP contribution is 2.20. The van der Waals surface area contributed by atoms with Gasteiger partial charge in [-0.25, -0.2) is 0 Å². The van der Waals surface area contributed by atoms with Crippen molar-refractivity contribution < 1.29 is 14.4 Å². The molecule has 3 fully saturated rings. The van der Waals surface area contributed by atoms with Crippen molar-refractivity contribution in [2.75, 3.05) is 39.8 Å². The maximum atomic E-state index is 12.8. The zero-order chi connectivity index (χ0) is 20.1. The number of likely N-dealkylation sites (tertiary alicyclic amines) is 1. The van der Waals surface area contributed by atoms with Crippen molar-refractivity contribution in [3.8, 4) is 0 Å². The van der Waals surface area contributed by atoms with Gasteiger partial charge in [-0.1, -0.05) is 0 Å². The minimum absolute atomic E-state index is 0.0224. The Bertz CT molecular complexity index is 574. The molecule has 28 heavy (non-hydrogen) atoms. The Morgan fingerprint density at radius 1 is 1.18 bits per heavy atom. The summed E-state index contributed by atoms with van der Waals surface area (Å²) in [6.07, 6.45) is 6.14. The molecule has 3 atom stereocenters. The average molecular weight is 394 g/mol. The van der Waals surface area contributed by atoms with E-state index in [9.17, 15) is 14.4 Å². The van der Waals surface area contributed by atoms with Gasteiger partial charge in [0.25, 0.3) is 0 Å². The Kier molecular flexibility index (Phi) is 7.29. The molecule has 3 rings (SSSR count). The van der Waals surface area contributed by atoms with Gasteiger partial charge < -0.3 is 20.9 Å². The van der Waals surface area contributed by atoms with Crippen LogP contribution in [0.5, 0.6) is 0 Å². The number of nitrogens with one attached hydrogen (secondary N) is 3. The van der Waals surface area contributed by atoms with Gasteiger partial charge >= 0.3 is 0 Å². The van der Waals surface area contributed by atoms with Crippen LogP contribution in [0, 0.1) is 5.92 Å². The lowest BCUT2D eigenvalue weighted by atomic mass is 9.96. The third kappa shape index (κ3) is 5.91. The van der Waals surface area contributed by atoms with Gasteiger partial charge in [-0.15, -0.1) is 0 Å². The Morgan fingerprint density at radius 2 is 1.96 bits per heavy atom. The molecule has 8 nitrogen and oxygen atoms in total. The topological polar surface area (TPSA) is 93.8 Å². The van der Waals surface area contributed by atoms with Crippen LogP contribution in [0.25, 0.3) is 0 Å². The average Bonchev–Trinajstić information content (AvgIpc) is 3.32. The van der Waals surface area contributed by atoms with Gasteiger partial charge in [-0.2, -0.15) is 0 Å². The first kappa shape index (κ1) is 21.0.